The molecule has 2 aromatic carbocycles. The summed E-state index contributed by atoms with van der Waals surface area (Å²) in [7, 11) is 1.63. The smallest absolute Gasteiger partial charge is 0.257 e. The van der Waals surface area contributed by atoms with E-state index in [-0.39, 0.29) is 23.4 Å². The van der Waals surface area contributed by atoms with Crippen molar-refractivity contribution in [2.24, 2.45) is 0 Å². The number of nitrogens with zero attached hydrogens (tertiary/aromatic N) is 5. The van der Waals surface area contributed by atoms with Crippen molar-refractivity contribution in [1.82, 2.24) is 24.6 Å². The van der Waals surface area contributed by atoms with E-state index < -0.39 is 5.82 Å². The molecule has 1 unspecified atom stereocenters. The molecule has 1 atom stereocenters. The summed E-state index contributed by atoms with van der Waals surface area (Å²) in [4.78, 5) is 29.2. The fourth-order valence-corrected chi connectivity index (χ4v) is 5.82. The number of hydrogen-bond donors (Lipinski definition) is 0. The van der Waals surface area contributed by atoms with E-state index in [0.29, 0.717) is 37.6 Å². The summed E-state index contributed by atoms with van der Waals surface area (Å²) >= 11 is 1.58. The molecule has 1 saturated heterocycles. The van der Waals surface area contributed by atoms with Gasteiger partial charge in [0.2, 0.25) is 11.7 Å². The van der Waals surface area contributed by atoms with Crippen molar-refractivity contribution in [3.63, 3.8) is 0 Å². The summed E-state index contributed by atoms with van der Waals surface area (Å²) < 4.78 is 26.9. The fourth-order valence-electron chi connectivity index (χ4n) is 4.87. The van der Waals surface area contributed by atoms with Gasteiger partial charge in [-0.25, -0.2) is 4.39 Å². The Morgan fingerprint density at radius 3 is 2.56 bits per heavy atom. The van der Waals surface area contributed by atoms with Gasteiger partial charge in [0.25, 0.3) is 5.91 Å². The Kier molecular flexibility index (Phi) is 9.03. The number of unbranched alkanes of at least 4 members (excludes halogenated alkanes) is 1. The normalized spacial score (nSPS) is 15.2. The van der Waals surface area contributed by atoms with Crippen molar-refractivity contribution in [3.8, 4) is 23.0 Å². The molecule has 0 saturated carbocycles. The highest BCUT2D eigenvalue weighted by Gasteiger charge is 2.31. The molecule has 0 bridgehead atoms. The molecule has 0 N–H and O–H groups in total. The average Bonchev–Trinajstić information content (AvgIpc) is 3.67. The molecule has 0 radical (unpaired) electrons. The van der Waals surface area contributed by atoms with E-state index >= 15 is 0 Å². The van der Waals surface area contributed by atoms with Gasteiger partial charge in [0.05, 0.1) is 24.6 Å². The van der Waals surface area contributed by atoms with Crippen molar-refractivity contribution in [1.29, 1.82) is 0 Å². The van der Waals surface area contributed by atoms with Crippen LogP contribution in [0.4, 0.5) is 4.39 Å². The molecule has 2 amide bonds. The van der Waals surface area contributed by atoms with E-state index in [1.807, 2.05) is 47.9 Å². The van der Waals surface area contributed by atoms with E-state index in [0.717, 1.165) is 35.2 Å². The molecule has 4 aromatic rings. The van der Waals surface area contributed by atoms with Gasteiger partial charge in [-0.1, -0.05) is 23.9 Å². The van der Waals surface area contributed by atoms with Crippen LogP contribution in [0.15, 0.2) is 76.5 Å². The van der Waals surface area contributed by atoms with E-state index in [1.54, 1.807) is 47.1 Å². The number of rotatable bonds is 10. The lowest BCUT2D eigenvalue weighted by Crippen LogP contribution is -2.55. The number of methoxy groups -OCH3 is 1. The summed E-state index contributed by atoms with van der Waals surface area (Å²) in [6.45, 7) is 3.16. The number of halogens is 1. The number of ether oxygens (including phenoxy) is 1. The van der Waals surface area contributed by atoms with Crippen molar-refractivity contribution in [2.75, 3.05) is 32.5 Å². The zero-order chi connectivity index (χ0) is 28.8. The molecule has 1 fully saturated rings. The molecular formula is C30H32FN5O4S. The molecule has 214 valence electrons. The lowest BCUT2D eigenvalue weighted by Gasteiger charge is -2.40. The quantitative estimate of drug-likeness (QED) is 0.186. The van der Waals surface area contributed by atoms with Crippen molar-refractivity contribution >= 4 is 23.6 Å². The number of amides is 2. The second-order valence-electron chi connectivity index (χ2n) is 9.79. The van der Waals surface area contributed by atoms with Gasteiger partial charge >= 0.3 is 0 Å². The highest BCUT2D eigenvalue weighted by atomic mass is 32.2. The summed E-state index contributed by atoms with van der Waals surface area (Å²) in [6.07, 6.45) is 3.59. The van der Waals surface area contributed by atoms with Crippen LogP contribution in [0.1, 0.15) is 36.5 Å². The molecule has 0 aliphatic carbocycles. The lowest BCUT2D eigenvalue weighted by atomic mass is 10.1. The first-order chi connectivity index (χ1) is 20.0. The number of piperazine rings is 1. The first kappa shape index (κ1) is 28.4. The number of furan rings is 1. The highest BCUT2D eigenvalue weighted by molar-refractivity contribution is 7.99. The number of thioether (sulfide) groups is 1. The topological polar surface area (TPSA) is 93.7 Å². The van der Waals surface area contributed by atoms with Crippen LogP contribution in [0.2, 0.25) is 0 Å². The average molecular weight is 578 g/mol. The SMILES string of the molecule is COc1ccc(-n2c(SCCCCC(=O)N3CCN(C(=O)c4ccccc4F)C(C)C3)nnc2-c2ccco2)cc1. The summed E-state index contributed by atoms with van der Waals surface area (Å²) in [5, 5.41) is 9.51. The van der Waals surface area contributed by atoms with Crippen LogP contribution in [0, 0.1) is 5.82 Å². The lowest BCUT2D eigenvalue weighted by molar-refractivity contribution is -0.133. The Hall–Kier alpha value is -4.12. The van der Waals surface area contributed by atoms with Gasteiger partial charge in [-0.2, -0.15) is 0 Å². The van der Waals surface area contributed by atoms with Crippen molar-refractivity contribution < 1.29 is 23.1 Å². The second kappa shape index (κ2) is 13.0. The Morgan fingerprint density at radius 1 is 1.05 bits per heavy atom. The number of carbonyl (C=O) groups is 2. The minimum atomic E-state index is -0.527. The van der Waals surface area contributed by atoms with E-state index in [1.165, 1.54) is 12.1 Å². The van der Waals surface area contributed by atoms with Crippen LogP contribution < -0.4 is 4.74 Å². The zero-order valence-corrected chi connectivity index (χ0v) is 23.8. The maximum atomic E-state index is 14.1. The third-order valence-corrected chi connectivity index (χ3v) is 8.08. The number of aromatic nitrogens is 3. The van der Waals surface area contributed by atoms with Crippen molar-refractivity contribution in [3.05, 3.63) is 78.3 Å². The maximum absolute atomic E-state index is 14.1. The van der Waals surface area contributed by atoms with Gasteiger partial charge in [-0.05, 0) is 68.3 Å². The maximum Gasteiger partial charge on any atom is 0.257 e. The molecule has 1 aliphatic heterocycles. The Morgan fingerprint density at radius 2 is 1.85 bits per heavy atom. The second-order valence-corrected chi connectivity index (χ2v) is 10.9. The van der Waals surface area contributed by atoms with E-state index in [2.05, 4.69) is 10.2 Å². The highest BCUT2D eigenvalue weighted by Crippen LogP contribution is 2.29. The first-order valence-corrected chi connectivity index (χ1v) is 14.5. The van der Waals surface area contributed by atoms with Crippen LogP contribution in [0.5, 0.6) is 5.75 Å². The summed E-state index contributed by atoms with van der Waals surface area (Å²) in [6, 6.07) is 17.1. The molecule has 2 aromatic heterocycles. The zero-order valence-electron chi connectivity index (χ0n) is 23.0. The minimum absolute atomic E-state index is 0.0655. The Balaban J connectivity index is 1.13. The molecule has 3 heterocycles. The van der Waals surface area contributed by atoms with Gasteiger partial charge in [0.15, 0.2) is 10.9 Å². The van der Waals surface area contributed by atoms with Gasteiger partial charge in [-0.3, -0.25) is 14.2 Å². The third-order valence-electron chi connectivity index (χ3n) is 7.07. The molecule has 41 heavy (non-hydrogen) atoms. The molecule has 9 nitrogen and oxygen atoms in total. The molecule has 1 aliphatic rings. The first-order valence-electron chi connectivity index (χ1n) is 13.6. The minimum Gasteiger partial charge on any atom is -0.497 e. The molecule has 0 spiro atoms. The van der Waals surface area contributed by atoms with Gasteiger partial charge in [0.1, 0.15) is 11.6 Å². The van der Waals surface area contributed by atoms with Gasteiger partial charge in [0, 0.05) is 37.8 Å². The van der Waals surface area contributed by atoms with Crippen LogP contribution in [-0.4, -0.2) is 74.9 Å². The molecular weight excluding hydrogens is 545 g/mol. The number of benzene rings is 2. The predicted octanol–water partition coefficient (Wildman–Crippen LogP) is 5.31. The third kappa shape index (κ3) is 6.45. The number of hydrogen-bond acceptors (Lipinski definition) is 7. The van der Waals surface area contributed by atoms with Gasteiger partial charge in [-0.15, -0.1) is 10.2 Å². The van der Waals surface area contributed by atoms with Gasteiger partial charge < -0.3 is 19.0 Å². The van der Waals surface area contributed by atoms with Crippen molar-refractivity contribution in [2.45, 2.75) is 37.4 Å². The van der Waals surface area contributed by atoms with E-state index in [4.69, 9.17) is 9.15 Å². The number of carbonyl (C=O) groups excluding carboxylic acids is 2. The van der Waals surface area contributed by atoms with Crippen LogP contribution in [0.3, 0.4) is 0 Å². The largest absolute Gasteiger partial charge is 0.497 e. The monoisotopic (exact) mass is 577 g/mol. The fraction of sp³-hybridized carbons (Fsp3) is 0.333. The standard InChI is InChI=1S/C30H32FN5O4S/c1-21-20-34(16-17-35(21)29(38)24-8-3-4-9-25(24)31)27(37)11-5-6-19-41-30-33-32-28(26-10-7-18-40-26)36(30)22-12-14-23(39-2)15-13-22/h3-4,7-10,12-15,18,21H,5-6,11,16-17,19-20H2,1-2H3. The van der Waals surface area contributed by atoms with Crippen LogP contribution in [-0.2, 0) is 4.79 Å². The van der Waals surface area contributed by atoms with E-state index in [9.17, 15) is 14.0 Å². The Labute approximate surface area is 242 Å². The molecule has 11 heteroatoms. The van der Waals surface area contributed by atoms with Crippen LogP contribution >= 0.6 is 11.8 Å². The Bertz CT molecular complexity index is 1470. The molecule has 5 rings (SSSR count). The summed E-state index contributed by atoms with van der Waals surface area (Å²) in [5.41, 5.74) is 0.956. The predicted molar refractivity (Wildman–Crippen MR) is 154 cm³/mol. The summed E-state index contributed by atoms with van der Waals surface area (Å²) in [5.74, 6) is 1.96. The van der Waals surface area contributed by atoms with Crippen LogP contribution in [0.25, 0.3) is 17.3 Å².